The van der Waals surface area contributed by atoms with E-state index in [2.05, 4.69) is 4.28 Å². The Hall–Kier alpha value is -0.170. The Morgan fingerprint density at radius 2 is 2.00 bits per heavy atom. The first-order valence-corrected chi connectivity index (χ1v) is 4.67. The van der Waals surface area contributed by atoms with Gasteiger partial charge in [-0.25, -0.2) is 0 Å². The molecule has 0 unspecified atom stereocenters. The Balaban J connectivity index is 4.10. The zero-order valence-electron chi connectivity index (χ0n) is 6.81. The van der Waals surface area contributed by atoms with E-state index in [4.69, 9.17) is 4.55 Å². The maximum Gasteiger partial charge on any atom is 0.413 e. The van der Waals surface area contributed by atoms with Crippen LogP contribution in [0.3, 0.4) is 0 Å². The Labute approximate surface area is 66.9 Å². The van der Waals surface area contributed by atoms with E-state index >= 15 is 0 Å². The molecule has 1 N–H and O–H groups in total. The summed E-state index contributed by atoms with van der Waals surface area (Å²) in [5, 5.41) is 1.16. The number of hydrogen-bond acceptors (Lipinski definition) is 4. The molecule has 0 heterocycles. The average Bonchev–Trinajstić information content (AvgIpc) is 1.80. The van der Waals surface area contributed by atoms with Crippen LogP contribution in [0.5, 0.6) is 0 Å². The van der Waals surface area contributed by atoms with E-state index in [9.17, 15) is 8.42 Å². The molecule has 0 fully saturated rings. The Morgan fingerprint density at radius 3 is 2.09 bits per heavy atom. The van der Waals surface area contributed by atoms with E-state index in [1.54, 1.807) is 20.8 Å². The zero-order chi connectivity index (χ0) is 9.07. The molecule has 0 saturated carbocycles. The van der Waals surface area contributed by atoms with E-state index < -0.39 is 10.4 Å². The lowest BCUT2D eigenvalue weighted by Gasteiger charge is -2.20. The van der Waals surface area contributed by atoms with Gasteiger partial charge in [0.15, 0.2) is 0 Å². The SMILES string of the molecule is CCN(OS(=O)(=O)O)C(C)C. The van der Waals surface area contributed by atoms with Crippen molar-refractivity contribution in [1.29, 1.82) is 0 Å². The number of rotatable bonds is 4. The highest BCUT2D eigenvalue weighted by Crippen LogP contribution is 2.01. The van der Waals surface area contributed by atoms with Gasteiger partial charge in [0, 0.05) is 12.6 Å². The van der Waals surface area contributed by atoms with E-state index in [0.717, 1.165) is 5.06 Å². The van der Waals surface area contributed by atoms with E-state index in [-0.39, 0.29) is 6.04 Å². The predicted molar refractivity (Wildman–Crippen MR) is 40.1 cm³/mol. The van der Waals surface area contributed by atoms with Crippen LogP contribution in [0.15, 0.2) is 0 Å². The third kappa shape index (κ3) is 5.14. The normalized spacial score (nSPS) is 12.9. The number of hydroxylamine groups is 2. The van der Waals surface area contributed by atoms with E-state index in [1.807, 2.05) is 0 Å². The Morgan fingerprint density at radius 1 is 1.55 bits per heavy atom. The van der Waals surface area contributed by atoms with Crippen molar-refractivity contribution in [2.75, 3.05) is 6.54 Å². The summed E-state index contributed by atoms with van der Waals surface area (Å²) in [5.41, 5.74) is 0. The van der Waals surface area contributed by atoms with Crippen LogP contribution in [0.25, 0.3) is 0 Å². The summed E-state index contributed by atoms with van der Waals surface area (Å²) >= 11 is 0. The fraction of sp³-hybridized carbons (Fsp3) is 1.00. The largest absolute Gasteiger partial charge is 0.413 e. The molecule has 0 aromatic rings. The summed E-state index contributed by atoms with van der Waals surface area (Å²) in [6, 6.07) is -0.0816. The van der Waals surface area contributed by atoms with Gasteiger partial charge in [-0.2, -0.15) is 17.8 Å². The van der Waals surface area contributed by atoms with Crippen molar-refractivity contribution in [2.24, 2.45) is 0 Å². The van der Waals surface area contributed by atoms with Crippen molar-refractivity contribution in [2.45, 2.75) is 26.8 Å². The lowest BCUT2D eigenvalue weighted by molar-refractivity contribution is -0.0827. The second-order valence-electron chi connectivity index (χ2n) is 2.33. The zero-order valence-corrected chi connectivity index (χ0v) is 7.63. The summed E-state index contributed by atoms with van der Waals surface area (Å²) in [6.07, 6.45) is 0. The summed E-state index contributed by atoms with van der Waals surface area (Å²) in [4.78, 5) is 0. The van der Waals surface area contributed by atoms with Gasteiger partial charge in [-0.15, -0.1) is 0 Å². The van der Waals surface area contributed by atoms with Crippen molar-refractivity contribution in [3.8, 4) is 0 Å². The van der Waals surface area contributed by atoms with Crippen LogP contribution >= 0.6 is 0 Å². The van der Waals surface area contributed by atoms with Gasteiger partial charge in [0.25, 0.3) is 0 Å². The molecule has 0 aliphatic carbocycles. The summed E-state index contributed by atoms with van der Waals surface area (Å²) in [6.45, 7) is 5.64. The molecule has 0 aliphatic rings. The van der Waals surface area contributed by atoms with Crippen LogP contribution in [-0.4, -0.2) is 30.6 Å². The van der Waals surface area contributed by atoms with Crippen molar-refractivity contribution in [3.05, 3.63) is 0 Å². The standard InChI is InChI=1S/C5H13NO4S/c1-4-6(5(2)3)10-11(7,8)9/h5H,4H2,1-3H3,(H,7,8,9). The molecule has 5 nitrogen and oxygen atoms in total. The lowest BCUT2D eigenvalue weighted by Crippen LogP contribution is -2.33. The van der Waals surface area contributed by atoms with Gasteiger partial charge in [-0.05, 0) is 13.8 Å². The van der Waals surface area contributed by atoms with Gasteiger partial charge in [0.05, 0.1) is 0 Å². The smallest absolute Gasteiger partial charge is 0.262 e. The van der Waals surface area contributed by atoms with Crippen LogP contribution in [-0.2, 0) is 14.7 Å². The summed E-state index contributed by atoms with van der Waals surface area (Å²) in [5.74, 6) is 0. The molecular formula is C5H13NO4S. The van der Waals surface area contributed by atoms with Crippen molar-refractivity contribution < 1.29 is 17.3 Å². The first-order valence-electron chi connectivity index (χ1n) is 3.30. The minimum Gasteiger partial charge on any atom is -0.262 e. The van der Waals surface area contributed by atoms with Crippen LogP contribution in [0.4, 0.5) is 0 Å². The first kappa shape index (κ1) is 10.8. The molecule has 0 saturated heterocycles. The Bertz CT molecular complexity index is 199. The highest BCUT2D eigenvalue weighted by Gasteiger charge is 2.15. The average molecular weight is 183 g/mol. The van der Waals surface area contributed by atoms with Gasteiger partial charge in [-0.3, -0.25) is 4.55 Å². The quantitative estimate of drug-likeness (QED) is 0.506. The topological polar surface area (TPSA) is 66.8 Å². The molecule has 11 heavy (non-hydrogen) atoms. The minimum absolute atomic E-state index is 0.0816. The predicted octanol–water partition coefficient (Wildman–Crippen LogP) is 0.451. The van der Waals surface area contributed by atoms with Crippen LogP contribution in [0, 0.1) is 0 Å². The van der Waals surface area contributed by atoms with Gasteiger partial charge < -0.3 is 0 Å². The van der Waals surface area contributed by atoms with Crippen molar-refractivity contribution in [3.63, 3.8) is 0 Å². The highest BCUT2D eigenvalue weighted by atomic mass is 32.3. The molecule has 0 spiro atoms. The second-order valence-corrected chi connectivity index (χ2v) is 3.33. The molecule has 0 aliphatic heterocycles. The molecule has 0 aromatic carbocycles. The molecule has 0 atom stereocenters. The number of nitrogens with zero attached hydrogens (tertiary/aromatic N) is 1. The first-order chi connectivity index (χ1) is 4.87. The molecule has 0 radical (unpaired) electrons. The third-order valence-corrected chi connectivity index (χ3v) is 1.46. The third-order valence-electron chi connectivity index (χ3n) is 1.08. The van der Waals surface area contributed by atoms with Gasteiger partial charge >= 0.3 is 10.4 Å². The van der Waals surface area contributed by atoms with Crippen LogP contribution in [0.2, 0.25) is 0 Å². The maximum atomic E-state index is 10.2. The molecule has 0 rings (SSSR count). The fourth-order valence-corrected chi connectivity index (χ4v) is 1.14. The highest BCUT2D eigenvalue weighted by molar-refractivity contribution is 7.80. The monoisotopic (exact) mass is 183 g/mol. The Kier molecular flexibility index (Phi) is 3.95. The molecule has 0 bridgehead atoms. The van der Waals surface area contributed by atoms with Gasteiger partial charge in [0.1, 0.15) is 0 Å². The van der Waals surface area contributed by atoms with Gasteiger partial charge in [-0.1, -0.05) is 6.92 Å². The molecule has 0 aromatic heterocycles. The molecule has 0 amide bonds. The van der Waals surface area contributed by atoms with E-state index in [1.165, 1.54) is 0 Å². The van der Waals surface area contributed by atoms with Crippen molar-refractivity contribution in [1.82, 2.24) is 5.06 Å². The molecule has 6 heteroatoms. The second kappa shape index (κ2) is 4.01. The van der Waals surface area contributed by atoms with E-state index in [0.29, 0.717) is 6.54 Å². The summed E-state index contributed by atoms with van der Waals surface area (Å²) in [7, 11) is -4.35. The fourth-order valence-electron chi connectivity index (χ4n) is 0.625. The van der Waals surface area contributed by atoms with Crippen LogP contribution < -0.4 is 0 Å². The lowest BCUT2D eigenvalue weighted by atomic mass is 10.4. The van der Waals surface area contributed by atoms with Crippen molar-refractivity contribution >= 4 is 10.4 Å². The maximum absolute atomic E-state index is 10.2. The molecular weight excluding hydrogens is 170 g/mol. The van der Waals surface area contributed by atoms with Gasteiger partial charge in [0.2, 0.25) is 0 Å². The minimum atomic E-state index is -4.35. The molecule has 68 valence electrons. The summed E-state index contributed by atoms with van der Waals surface area (Å²) < 4.78 is 32.9. The number of hydrogen-bond donors (Lipinski definition) is 1. The van der Waals surface area contributed by atoms with Crippen LogP contribution in [0.1, 0.15) is 20.8 Å².